The average Bonchev–Trinajstić information content (AvgIpc) is 2.67. The lowest BCUT2D eigenvalue weighted by Crippen LogP contribution is -2.61. The lowest BCUT2D eigenvalue weighted by Gasteiger charge is -2.42. The third-order valence-corrected chi connectivity index (χ3v) is 4.83. The van der Waals surface area contributed by atoms with Crippen LogP contribution in [0, 0.1) is 0 Å². The third kappa shape index (κ3) is 6.66. The number of hydrogen-bond acceptors (Lipinski definition) is 11. The van der Waals surface area contributed by atoms with Gasteiger partial charge >= 0.3 is 5.97 Å². The summed E-state index contributed by atoms with van der Waals surface area (Å²) in [5, 5.41) is 42.7. The molecule has 0 radical (unpaired) electrons. The van der Waals surface area contributed by atoms with Crippen molar-refractivity contribution in [1.29, 1.82) is 0 Å². The lowest BCUT2D eigenvalue weighted by atomic mass is 9.99. The number of carbonyl (C=O) groups is 2. The van der Waals surface area contributed by atoms with Crippen LogP contribution in [-0.4, -0.2) is 99.5 Å². The Bertz CT molecular complexity index is 561. The van der Waals surface area contributed by atoms with Crippen molar-refractivity contribution in [2.24, 2.45) is 5.11 Å². The summed E-state index contributed by atoms with van der Waals surface area (Å²) < 4.78 is 20.8. The van der Waals surface area contributed by atoms with E-state index in [1.807, 2.05) is 22.6 Å². The minimum atomic E-state index is -1.73. The van der Waals surface area contributed by atoms with Crippen molar-refractivity contribution in [3.05, 3.63) is 10.4 Å². The Balaban J connectivity index is 3.13. The molecular formula is C14H22IN3O10. The minimum absolute atomic E-state index is 0.0815. The van der Waals surface area contributed by atoms with Crippen LogP contribution in [0.3, 0.4) is 0 Å². The van der Waals surface area contributed by atoms with Gasteiger partial charge in [-0.05, 0) is 5.53 Å². The van der Waals surface area contributed by atoms with Gasteiger partial charge in [0.1, 0.15) is 37.1 Å². The van der Waals surface area contributed by atoms with Gasteiger partial charge in [-0.3, -0.25) is 9.59 Å². The van der Waals surface area contributed by atoms with Gasteiger partial charge in [-0.1, -0.05) is 27.7 Å². The zero-order chi connectivity index (χ0) is 21.3. The number of alkyl halides is 1. The summed E-state index contributed by atoms with van der Waals surface area (Å²) in [7, 11) is 0. The van der Waals surface area contributed by atoms with E-state index in [9.17, 15) is 30.0 Å². The number of hydrogen-bond donors (Lipinski definition) is 4. The van der Waals surface area contributed by atoms with E-state index in [-0.39, 0.29) is 10.9 Å². The highest BCUT2D eigenvalue weighted by Crippen LogP contribution is 2.26. The monoisotopic (exact) mass is 519 g/mol. The molecular weight excluding hydrogens is 497 g/mol. The van der Waals surface area contributed by atoms with Gasteiger partial charge in [0, 0.05) is 16.3 Å². The SMILES string of the molecule is CC(=O)OCC(OC=O)[C@@H](O[C@@H]1O[C@H](CO)[C@H](O)[C@H](O)[C@H]1O)C(CI)N=[N+]=[N-]. The number of halogens is 1. The molecule has 2 unspecified atom stereocenters. The van der Waals surface area contributed by atoms with Gasteiger partial charge < -0.3 is 39.4 Å². The van der Waals surface area contributed by atoms with Crippen molar-refractivity contribution in [3.63, 3.8) is 0 Å². The second-order valence-corrected chi connectivity index (χ2v) is 6.68. The Morgan fingerprint density at radius 1 is 1.36 bits per heavy atom. The van der Waals surface area contributed by atoms with Crippen LogP contribution in [-0.2, 0) is 28.5 Å². The summed E-state index contributed by atoms with van der Waals surface area (Å²) >= 11 is 1.88. The van der Waals surface area contributed by atoms with E-state index in [2.05, 4.69) is 10.0 Å². The summed E-state index contributed by atoms with van der Waals surface area (Å²) in [6.07, 6.45) is -10.3. The molecule has 160 valence electrons. The first kappa shape index (κ1) is 24.8. The van der Waals surface area contributed by atoms with Crippen molar-refractivity contribution in [2.75, 3.05) is 17.6 Å². The molecule has 0 spiro atoms. The number of aliphatic hydroxyl groups excluding tert-OH is 4. The molecule has 28 heavy (non-hydrogen) atoms. The number of esters is 1. The Kier molecular flexibility index (Phi) is 10.9. The zero-order valence-corrected chi connectivity index (χ0v) is 16.9. The van der Waals surface area contributed by atoms with Crippen LogP contribution in [0.15, 0.2) is 5.11 Å². The van der Waals surface area contributed by atoms with E-state index in [0.717, 1.165) is 6.92 Å². The Morgan fingerprint density at radius 3 is 2.54 bits per heavy atom. The van der Waals surface area contributed by atoms with Crippen LogP contribution >= 0.6 is 22.6 Å². The van der Waals surface area contributed by atoms with E-state index in [1.54, 1.807) is 0 Å². The van der Waals surface area contributed by atoms with Crippen LogP contribution in [0.4, 0.5) is 0 Å². The normalized spacial score (nSPS) is 30.4. The molecule has 1 aliphatic rings. The van der Waals surface area contributed by atoms with Crippen molar-refractivity contribution < 1.29 is 49.0 Å². The molecule has 0 aliphatic carbocycles. The van der Waals surface area contributed by atoms with Gasteiger partial charge in [-0.25, -0.2) is 0 Å². The molecule has 0 bridgehead atoms. The summed E-state index contributed by atoms with van der Waals surface area (Å²) in [4.78, 5) is 24.7. The van der Waals surface area contributed by atoms with Crippen molar-refractivity contribution in [1.82, 2.24) is 0 Å². The van der Waals surface area contributed by atoms with E-state index in [4.69, 9.17) is 24.5 Å². The molecule has 4 N–H and O–H groups in total. The second kappa shape index (κ2) is 12.3. The van der Waals surface area contributed by atoms with Gasteiger partial charge in [0.2, 0.25) is 0 Å². The molecule has 1 aliphatic heterocycles. The van der Waals surface area contributed by atoms with Crippen LogP contribution in [0.1, 0.15) is 6.92 Å². The van der Waals surface area contributed by atoms with Gasteiger partial charge in [0.05, 0.1) is 12.6 Å². The lowest BCUT2D eigenvalue weighted by molar-refractivity contribution is -0.318. The smallest absolute Gasteiger partial charge is 0.302 e. The molecule has 14 heteroatoms. The Hall–Kier alpha value is -1.26. The fraction of sp³-hybridized carbons (Fsp3) is 0.857. The standard InChI is InChI=1S/C14H22IN3O10/c1-6(21)25-4-9(26-5-20)13(7(2-15)17-18-16)28-14-12(24)11(23)10(22)8(3-19)27-14/h5,7-14,19,22-24H,2-4H2,1H3/t7?,8-,9?,10+,11+,12-,13+,14+/m1/s1. The maximum atomic E-state index is 11.1. The molecule has 1 fully saturated rings. The first-order valence-electron chi connectivity index (χ1n) is 8.09. The first-order valence-corrected chi connectivity index (χ1v) is 9.61. The van der Waals surface area contributed by atoms with Crippen molar-refractivity contribution >= 4 is 35.0 Å². The molecule has 0 aromatic heterocycles. The van der Waals surface area contributed by atoms with E-state index in [0.29, 0.717) is 0 Å². The Labute approximate surface area is 173 Å². The number of aliphatic hydroxyl groups is 4. The highest BCUT2D eigenvalue weighted by atomic mass is 127. The predicted molar refractivity (Wildman–Crippen MR) is 98.0 cm³/mol. The fourth-order valence-electron chi connectivity index (χ4n) is 2.49. The van der Waals surface area contributed by atoms with Gasteiger partial charge in [0.25, 0.3) is 6.47 Å². The van der Waals surface area contributed by atoms with Crippen molar-refractivity contribution in [3.8, 4) is 0 Å². The average molecular weight is 519 g/mol. The fourth-order valence-corrected chi connectivity index (χ4v) is 3.17. The van der Waals surface area contributed by atoms with Gasteiger partial charge in [-0.2, -0.15) is 0 Å². The summed E-state index contributed by atoms with van der Waals surface area (Å²) in [6, 6.07) is -0.946. The Morgan fingerprint density at radius 2 is 2.04 bits per heavy atom. The highest BCUT2D eigenvalue weighted by Gasteiger charge is 2.46. The van der Waals surface area contributed by atoms with Gasteiger partial charge in [-0.15, -0.1) is 0 Å². The molecule has 1 rings (SSSR count). The molecule has 0 amide bonds. The van der Waals surface area contributed by atoms with Crippen LogP contribution in [0.5, 0.6) is 0 Å². The van der Waals surface area contributed by atoms with E-state index >= 15 is 0 Å². The molecule has 0 aromatic rings. The topological polar surface area (TPSA) is 201 Å². The molecule has 13 nitrogen and oxygen atoms in total. The van der Waals surface area contributed by atoms with Crippen molar-refractivity contribution in [2.45, 2.75) is 55.9 Å². The maximum Gasteiger partial charge on any atom is 0.302 e. The number of azide groups is 1. The summed E-state index contributed by atoms with van der Waals surface area (Å²) in [6.45, 7) is 0.0975. The minimum Gasteiger partial charge on any atom is -0.462 e. The number of carbonyl (C=O) groups excluding carboxylic acids is 2. The van der Waals surface area contributed by atoms with Crippen LogP contribution < -0.4 is 0 Å². The molecule has 8 atom stereocenters. The van der Waals surface area contributed by atoms with Crippen LogP contribution in [0.2, 0.25) is 0 Å². The predicted octanol–water partition coefficient (Wildman–Crippen LogP) is -1.61. The third-order valence-electron chi connectivity index (χ3n) is 3.92. The zero-order valence-electron chi connectivity index (χ0n) is 14.8. The quantitative estimate of drug-likeness (QED) is 0.0468. The number of nitrogens with zero attached hydrogens (tertiary/aromatic N) is 3. The maximum absolute atomic E-state index is 11.1. The molecule has 1 saturated heterocycles. The summed E-state index contributed by atoms with van der Waals surface area (Å²) in [5.41, 5.74) is 8.78. The van der Waals surface area contributed by atoms with Crippen LogP contribution in [0.25, 0.3) is 10.4 Å². The molecule has 1 heterocycles. The van der Waals surface area contributed by atoms with E-state index in [1.165, 1.54) is 0 Å². The molecule has 0 saturated carbocycles. The van der Waals surface area contributed by atoms with Gasteiger partial charge in [0.15, 0.2) is 12.4 Å². The highest BCUT2D eigenvalue weighted by molar-refractivity contribution is 14.1. The second-order valence-electron chi connectivity index (χ2n) is 5.80. The number of rotatable bonds is 11. The largest absolute Gasteiger partial charge is 0.462 e. The number of ether oxygens (including phenoxy) is 4. The molecule has 0 aromatic carbocycles. The summed E-state index contributed by atoms with van der Waals surface area (Å²) in [5.74, 6) is -0.666. The first-order chi connectivity index (χ1) is 13.3. The van der Waals surface area contributed by atoms with E-state index < -0.39 is 68.1 Å².